The zero-order valence-electron chi connectivity index (χ0n) is 17.0. The van der Waals surface area contributed by atoms with Gasteiger partial charge in [0.1, 0.15) is 16.9 Å². The van der Waals surface area contributed by atoms with Gasteiger partial charge < -0.3 is 14.8 Å². The lowest BCUT2D eigenvalue weighted by Crippen LogP contribution is -2.41. The summed E-state index contributed by atoms with van der Waals surface area (Å²) >= 11 is 0. The lowest BCUT2D eigenvalue weighted by atomic mass is 9.73. The molecule has 2 saturated carbocycles. The Morgan fingerprint density at radius 2 is 1.97 bits per heavy atom. The highest BCUT2D eigenvalue weighted by Crippen LogP contribution is 2.72. The molecule has 2 aliphatic rings. The molecule has 1 amide bonds. The summed E-state index contributed by atoms with van der Waals surface area (Å²) in [5.41, 5.74) is -1.83. The molecule has 1 heterocycles. The van der Waals surface area contributed by atoms with Crippen molar-refractivity contribution in [2.24, 2.45) is 5.41 Å². The highest BCUT2D eigenvalue weighted by atomic mass is 19.2. The number of pyridine rings is 1. The van der Waals surface area contributed by atoms with Crippen molar-refractivity contribution in [2.45, 2.75) is 31.1 Å². The van der Waals surface area contributed by atoms with E-state index in [4.69, 9.17) is 4.74 Å². The first-order valence-corrected chi connectivity index (χ1v) is 9.72. The zero-order valence-corrected chi connectivity index (χ0v) is 17.0. The second-order valence-corrected chi connectivity index (χ2v) is 7.76. The first-order valence-electron chi connectivity index (χ1n) is 9.72. The van der Waals surface area contributed by atoms with Crippen molar-refractivity contribution in [1.29, 1.82) is 0 Å². The molecular formula is C22H20F2N2O5. The van der Waals surface area contributed by atoms with Gasteiger partial charge in [-0.25, -0.2) is 14.2 Å². The van der Waals surface area contributed by atoms with E-state index < -0.39 is 34.3 Å². The van der Waals surface area contributed by atoms with Gasteiger partial charge in [0.05, 0.1) is 14.2 Å². The molecule has 7 nitrogen and oxygen atoms in total. The number of fused-ring (bicyclic) bond motifs is 1. The van der Waals surface area contributed by atoms with Crippen molar-refractivity contribution in [3.05, 3.63) is 53.4 Å². The van der Waals surface area contributed by atoms with Gasteiger partial charge in [-0.15, -0.1) is 0 Å². The number of carbonyl (C=O) groups excluding carboxylic acids is 3. The second kappa shape index (κ2) is 7.40. The maximum Gasteiger partial charge on any atom is 0.356 e. The summed E-state index contributed by atoms with van der Waals surface area (Å²) < 4.78 is 37.9. The number of halogens is 2. The lowest BCUT2D eigenvalue weighted by Gasteiger charge is -2.30. The fraction of sp³-hybridized carbons (Fsp3) is 0.364. The number of nitrogens with zero attached hydrogens (tertiary/aromatic N) is 1. The van der Waals surface area contributed by atoms with Gasteiger partial charge in [-0.05, 0) is 37.5 Å². The van der Waals surface area contributed by atoms with E-state index in [1.807, 2.05) is 0 Å². The summed E-state index contributed by atoms with van der Waals surface area (Å²) in [5, 5.41) is 2.69. The third kappa shape index (κ3) is 2.98. The number of amides is 1. The normalized spacial score (nSPS) is 24.2. The number of ketones is 1. The average Bonchev–Trinajstić information content (AvgIpc) is 3.48. The molecule has 1 N–H and O–H groups in total. The van der Waals surface area contributed by atoms with Crippen LogP contribution in [0.3, 0.4) is 0 Å². The van der Waals surface area contributed by atoms with Crippen LogP contribution in [-0.2, 0) is 19.7 Å². The fourth-order valence-electron chi connectivity index (χ4n) is 4.79. The van der Waals surface area contributed by atoms with Crippen LogP contribution < -0.4 is 10.1 Å². The van der Waals surface area contributed by atoms with Gasteiger partial charge in [-0.2, -0.15) is 4.39 Å². The number of nitrogens with one attached hydrogen (secondary N) is 1. The molecule has 162 valence electrons. The van der Waals surface area contributed by atoms with Crippen LogP contribution in [0.5, 0.6) is 5.75 Å². The van der Waals surface area contributed by atoms with E-state index in [-0.39, 0.29) is 35.8 Å². The van der Waals surface area contributed by atoms with Crippen LogP contribution in [0.15, 0.2) is 30.5 Å². The van der Waals surface area contributed by atoms with Crippen molar-refractivity contribution in [2.75, 3.05) is 19.5 Å². The van der Waals surface area contributed by atoms with Crippen LogP contribution >= 0.6 is 0 Å². The van der Waals surface area contributed by atoms with Crippen LogP contribution in [0.1, 0.15) is 41.7 Å². The van der Waals surface area contributed by atoms with E-state index in [9.17, 15) is 23.2 Å². The minimum atomic E-state index is -1.42. The molecule has 2 aromatic rings. The Balaban J connectivity index is 1.72. The molecule has 2 unspecified atom stereocenters. The van der Waals surface area contributed by atoms with Gasteiger partial charge in [0.2, 0.25) is 11.7 Å². The maximum atomic E-state index is 14.4. The van der Waals surface area contributed by atoms with Gasteiger partial charge in [-0.1, -0.05) is 6.07 Å². The topological polar surface area (TPSA) is 94.6 Å². The number of esters is 1. The number of hydrogen-bond acceptors (Lipinski definition) is 6. The number of carbonyl (C=O) groups is 3. The number of anilines is 1. The molecule has 4 rings (SSSR count). The maximum absolute atomic E-state index is 14.4. The second-order valence-electron chi connectivity index (χ2n) is 7.76. The van der Waals surface area contributed by atoms with Gasteiger partial charge >= 0.3 is 5.97 Å². The van der Waals surface area contributed by atoms with E-state index in [1.54, 1.807) is 0 Å². The molecule has 1 aromatic heterocycles. The van der Waals surface area contributed by atoms with Crippen molar-refractivity contribution >= 4 is 23.3 Å². The minimum absolute atomic E-state index is 0.00268. The molecular weight excluding hydrogens is 410 g/mol. The Hall–Kier alpha value is -3.36. The summed E-state index contributed by atoms with van der Waals surface area (Å²) in [4.78, 5) is 41.9. The summed E-state index contributed by atoms with van der Waals surface area (Å²) in [6, 6.07) is 5.19. The van der Waals surface area contributed by atoms with Crippen molar-refractivity contribution in [1.82, 2.24) is 4.98 Å². The fourth-order valence-corrected chi connectivity index (χ4v) is 4.79. The summed E-state index contributed by atoms with van der Waals surface area (Å²) in [6.07, 6.45) is 2.70. The predicted molar refractivity (Wildman–Crippen MR) is 105 cm³/mol. The molecule has 0 radical (unpaired) electrons. The molecule has 0 spiro atoms. The third-order valence-corrected chi connectivity index (χ3v) is 6.31. The van der Waals surface area contributed by atoms with Crippen molar-refractivity contribution in [3.8, 4) is 5.75 Å². The van der Waals surface area contributed by atoms with Crippen LogP contribution in [0.4, 0.5) is 14.5 Å². The third-order valence-electron chi connectivity index (χ3n) is 6.31. The quantitative estimate of drug-likeness (QED) is 0.578. The lowest BCUT2D eigenvalue weighted by molar-refractivity contribution is -0.135. The summed E-state index contributed by atoms with van der Waals surface area (Å²) in [6.45, 7) is 0. The summed E-state index contributed by atoms with van der Waals surface area (Å²) in [5.74, 6) is -4.00. The van der Waals surface area contributed by atoms with Crippen LogP contribution in [0, 0.1) is 17.0 Å². The van der Waals surface area contributed by atoms with Crippen molar-refractivity contribution in [3.63, 3.8) is 0 Å². The standard InChI is InChI=1S/C22H20F2N2O5/c1-30-18-13(5-6-14(23)17(18)24)21-8-3-4-16(27)22(21,11-21)20(29)26-12-7-9-25-15(10-12)19(28)31-2/h5-7,9-10H,3-4,8,11H2,1-2H3,(H,25,26,29). The van der Waals surface area contributed by atoms with E-state index >= 15 is 0 Å². The number of methoxy groups -OCH3 is 2. The monoisotopic (exact) mass is 430 g/mol. The minimum Gasteiger partial charge on any atom is -0.493 e. The largest absolute Gasteiger partial charge is 0.493 e. The number of hydrogen-bond donors (Lipinski definition) is 1. The molecule has 31 heavy (non-hydrogen) atoms. The molecule has 0 aliphatic heterocycles. The highest BCUT2D eigenvalue weighted by Gasteiger charge is 2.77. The smallest absolute Gasteiger partial charge is 0.356 e. The number of rotatable bonds is 5. The number of aromatic nitrogens is 1. The van der Waals surface area contributed by atoms with Gasteiger partial charge in [0.15, 0.2) is 11.6 Å². The Labute approximate surface area is 176 Å². The van der Waals surface area contributed by atoms with Crippen LogP contribution in [0.25, 0.3) is 0 Å². The Morgan fingerprint density at radius 1 is 1.19 bits per heavy atom. The first-order chi connectivity index (χ1) is 14.8. The zero-order chi connectivity index (χ0) is 22.4. The molecule has 2 aliphatic carbocycles. The van der Waals surface area contributed by atoms with E-state index in [0.717, 1.165) is 6.07 Å². The highest BCUT2D eigenvalue weighted by molar-refractivity contribution is 6.17. The van der Waals surface area contributed by atoms with E-state index in [0.29, 0.717) is 18.4 Å². The summed E-state index contributed by atoms with van der Waals surface area (Å²) in [7, 11) is 2.43. The van der Waals surface area contributed by atoms with Gasteiger partial charge in [0.25, 0.3) is 0 Å². The Bertz CT molecular complexity index is 1110. The molecule has 2 fully saturated rings. The molecule has 9 heteroatoms. The van der Waals surface area contributed by atoms with Crippen LogP contribution in [0.2, 0.25) is 0 Å². The molecule has 0 saturated heterocycles. The van der Waals surface area contributed by atoms with Gasteiger partial charge in [0, 0.05) is 29.3 Å². The van der Waals surface area contributed by atoms with Gasteiger partial charge in [-0.3, -0.25) is 9.59 Å². The average molecular weight is 430 g/mol. The van der Waals surface area contributed by atoms with E-state index in [2.05, 4.69) is 15.0 Å². The SMILES string of the molecule is COC(=O)c1cc(NC(=O)C23CC2(c2ccc(F)c(F)c2OC)CCCC3=O)ccn1. The predicted octanol–water partition coefficient (Wildman–Crippen LogP) is 3.17. The van der Waals surface area contributed by atoms with Crippen LogP contribution in [-0.4, -0.2) is 36.9 Å². The number of Topliss-reactive ketones (excluding diaryl/α,β-unsaturated/α-hetero) is 1. The molecule has 2 atom stereocenters. The van der Waals surface area contributed by atoms with Crippen molar-refractivity contribution < 1.29 is 32.6 Å². The molecule has 1 aromatic carbocycles. The first kappa shape index (κ1) is 20.9. The Kier molecular flexibility index (Phi) is 4.99. The van der Waals surface area contributed by atoms with E-state index in [1.165, 1.54) is 38.6 Å². The molecule has 0 bridgehead atoms. The number of benzene rings is 1. The number of ether oxygens (including phenoxy) is 2. The Morgan fingerprint density at radius 3 is 2.68 bits per heavy atom.